The van der Waals surface area contributed by atoms with Gasteiger partial charge >= 0.3 is 5.97 Å². The fraction of sp³-hybridized carbons (Fsp3) is 0.625. The number of allylic oxidation sites excluding steroid dienone is 2. The average molecular weight is 2010 g/mol. The van der Waals surface area contributed by atoms with E-state index in [2.05, 4.69) is 215 Å². The van der Waals surface area contributed by atoms with E-state index in [1.807, 2.05) is 144 Å². The second kappa shape index (κ2) is 60.5. The molecule has 7 aromatic rings. The van der Waals surface area contributed by atoms with E-state index in [0.717, 1.165) is 71.0 Å². The molecule has 5 aromatic heterocycles. The number of nitrogens with one attached hydrogen (secondary N) is 10. The number of hydrogen-bond donors (Lipinski definition) is 14. The van der Waals surface area contributed by atoms with Gasteiger partial charge in [-0.2, -0.15) is 19.2 Å². The number of nitrogens with two attached hydrogens (primary N) is 2. The molecule has 0 aliphatic carbocycles. The Morgan fingerprint density at radius 3 is 1.23 bits per heavy atom. The predicted molar refractivity (Wildman–Crippen MR) is 569 cm³/mol. The number of methoxy groups -OCH3 is 1. The summed E-state index contributed by atoms with van der Waals surface area (Å²) >= 11 is 1.42. The van der Waals surface area contributed by atoms with E-state index in [1.54, 1.807) is 111 Å². The summed E-state index contributed by atoms with van der Waals surface area (Å²) in [7, 11) is 6.51. The zero-order valence-corrected chi connectivity index (χ0v) is 95.1. The zero-order valence-electron chi connectivity index (χ0n) is 94.3. The number of carbonyl (C=O) groups excluding carboxylic acids is 6. The maximum atomic E-state index is 11.4. The highest BCUT2D eigenvalue weighted by Gasteiger charge is 2.27. The van der Waals surface area contributed by atoms with Crippen LogP contribution in [0, 0.1) is 44.5 Å². The van der Waals surface area contributed by atoms with E-state index in [0.29, 0.717) is 12.3 Å². The number of primary amides is 1. The maximum absolute atomic E-state index is 11.4. The molecule has 141 heavy (non-hydrogen) atoms. The largest absolute Gasteiger partial charge is 0.481 e. The molecular weight excluding hydrogens is 1830 g/mol. The number of aromatic amines is 6. The molecule has 2 aliphatic heterocycles. The number of H-pyrrole nitrogens is 6. The Bertz CT molecular complexity index is 5140. The molecule has 34 nitrogen and oxygen atoms in total. The number of aliphatic carboxylic acids is 1. The zero-order chi connectivity index (χ0) is 113. The molecule has 0 bridgehead atoms. The molecular formula is C104H179F2N19O15S. The smallest absolute Gasteiger partial charge is 0.310 e. The van der Waals surface area contributed by atoms with Crippen LogP contribution in [0.2, 0.25) is 0 Å². The number of rotatable bonds is 1. The van der Waals surface area contributed by atoms with Crippen molar-refractivity contribution >= 4 is 76.1 Å². The molecule has 9 rings (SSSR count). The maximum Gasteiger partial charge on any atom is 0.310 e. The quantitative estimate of drug-likeness (QED) is 0.0239. The van der Waals surface area contributed by atoms with Crippen LogP contribution in [-0.4, -0.2) is 141 Å². The van der Waals surface area contributed by atoms with Crippen molar-refractivity contribution in [3.63, 3.8) is 0 Å². The minimum Gasteiger partial charge on any atom is -0.481 e. The number of fused-ring (bicyclic) bond motifs is 2. The van der Waals surface area contributed by atoms with Crippen LogP contribution in [-0.2, 0) is 96.1 Å². The summed E-state index contributed by atoms with van der Waals surface area (Å²) in [6.45, 7) is 92.8. The Balaban J connectivity index is -0.000000350. The third kappa shape index (κ3) is 71.3. The number of amidine groups is 2. The number of carboxylic acid groups (broad SMARTS) is 1. The number of aliphatic imine (C=N–C) groups is 2. The lowest BCUT2D eigenvalue weighted by Crippen LogP contribution is -2.32. The van der Waals surface area contributed by atoms with Crippen molar-refractivity contribution in [1.29, 1.82) is 0 Å². The Kier molecular flexibility index (Phi) is 60.0. The molecule has 800 valence electrons. The van der Waals surface area contributed by atoms with E-state index in [-0.39, 0.29) is 123 Å². The minimum absolute atomic E-state index is 0.00694. The first kappa shape index (κ1) is 140. The number of halogens is 2. The van der Waals surface area contributed by atoms with E-state index >= 15 is 0 Å². The molecule has 16 N–H and O–H groups in total. The second-order valence-corrected chi connectivity index (χ2v) is 48.5. The average Bonchev–Trinajstić information content (AvgIpc) is 1.69. The number of ether oxygens (including phenoxy) is 1. The molecule has 0 saturated carbocycles. The topological polar surface area (TPSA) is 518 Å². The summed E-state index contributed by atoms with van der Waals surface area (Å²) in [4.78, 5) is 129. The monoisotopic (exact) mass is 2000 g/mol. The second-order valence-electron chi connectivity index (χ2n) is 47.6. The lowest BCUT2D eigenvalue weighted by atomic mass is 9.86. The highest BCUT2D eigenvalue weighted by molar-refractivity contribution is 7.05. The third-order valence-electron chi connectivity index (χ3n) is 17.4. The van der Waals surface area contributed by atoms with E-state index in [1.165, 1.54) is 53.9 Å². The standard InChI is InChI=1S/C14H18N2O.C12H16N2.C8H14N2O.C8H15NO.C7H12N2O.C7H11NO2.C7H11NOS.C6H10F2.C6H13NO.C6H11N.C6H12O2.C5H10N4.C5H11NO2.C5H11NO.C2H4O2/c1-9(17)15-13-8-10-7-11(14(2,3)4)5-6-12(10)16-13;1-12(2,3)9-4-5-10-8(6-9)7-11(13)14-10;1-8(2,3)6-5-7(11)9-10(6)4;1-8(2,3)6-5-7(10)9-4;1-7(2,3)5-4-6(10)9-8-5;2*1-7(2,3)5-4-6(9)8-10-5;1-6(2,3)4-5(7)8;1-6(2,3)5(8)7-4;1-6(2,3)5-7-4;1-6(2,3)5(7)8-4;1-5(2,3)4-6-8-9-7-4;1-5(2,3)4(7)6-8;1-5(2,3)4(6)7;1-2(3)4/h5-7H,8H2,1-4H3,(H,15,16,17);4-6H,7H2,1-3H3,(H2,13,14);5H,1-4H3,(H,9,11);5-6H,1-4H3,(H,9,10);4H,1-3H3,(H2,8,9,10);2*4H,1-3H3,(H,8,9);4H,1-3H3;1-4H3,(H,7,8);5H2,1-3H3;1-4H3;1-3H3,(H,6,7,8,9);8H,1-3H3,(H,6,7);1-3H3,(H2,6,7);1H3,(H,3,4)/b;;;6-5+;;;;;;;;;;;. The van der Waals surface area contributed by atoms with Gasteiger partial charge in [-0.1, -0.05) is 317 Å². The predicted octanol–water partition coefficient (Wildman–Crippen LogP) is 20.0. The van der Waals surface area contributed by atoms with Crippen molar-refractivity contribution in [2.45, 2.75) is 355 Å². The number of esters is 1. The Labute approximate surface area is 842 Å². The van der Waals surface area contributed by atoms with Crippen molar-refractivity contribution in [1.82, 2.24) is 71.6 Å². The number of tetrazole rings is 1. The molecule has 0 radical (unpaired) electrons. The molecule has 37 heteroatoms. The van der Waals surface area contributed by atoms with Crippen molar-refractivity contribution in [2.24, 2.45) is 66.4 Å². The first-order chi connectivity index (χ1) is 62.9. The van der Waals surface area contributed by atoms with Crippen LogP contribution in [0.25, 0.3) is 4.85 Å². The minimum atomic E-state index is -1.60. The third-order valence-corrected chi connectivity index (χ3v) is 18.6. The molecule has 2 aromatic carbocycles. The SMILES string of the molecule is CC(=O)NC1=Nc2ccc(C(C)(C)C)cc2C1.CC(=O)O.CC(C)(C)C(=O)NO.CC(C)(C)C(N)=O.CC(C)(C)C=C(F)F.CC(C)(C)c1cc(=O)[nH][nH]1.CC(C)(C)c1cc(=O)[nH]o1.CC(C)(C)c1cc(=O)[nH]s1.CC(C)(C)c1ccc2c(c1)CC(N)=N2.CC(C)(C)c1nn[nH]n1.CNC(=O)/C=C/C(C)(C)C.CNC(=O)C(C)(C)C.COC(=O)C(C)(C)C.Cn1[nH]c(=O)cc1C(C)(C)C.[C-]#[N+]CC(C)(C)C. The number of hydrogen-bond acceptors (Lipinski definition) is 21. The Morgan fingerprint density at radius 2 is 1.03 bits per heavy atom. The highest BCUT2D eigenvalue weighted by Crippen LogP contribution is 2.34. The van der Waals surface area contributed by atoms with Crippen molar-refractivity contribution in [3.8, 4) is 0 Å². The van der Waals surface area contributed by atoms with Crippen molar-refractivity contribution in [3.05, 3.63) is 188 Å². The van der Waals surface area contributed by atoms with Gasteiger partial charge < -0.3 is 51.7 Å². The number of likely N-dealkylation sites (N-methyl/N-ethyl adjacent to an activating group) is 1. The fourth-order valence-corrected chi connectivity index (χ4v) is 9.92. The first-order valence-electron chi connectivity index (χ1n) is 46.0. The van der Waals surface area contributed by atoms with Crippen LogP contribution in [0.1, 0.15) is 355 Å². The van der Waals surface area contributed by atoms with Gasteiger partial charge in [0.2, 0.25) is 36.1 Å². The summed E-state index contributed by atoms with van der Waals surface area (Å²) in [6, 6.07) is 19.1. The number of aryl methyl sites for hydroxylation is 1. The van der Waals surface area contributed by atoms with Gasteiger partial charge in [0.25, 0.3) is 34.3 Å². The lowest BCUT2D eigenvalue weighted by Gasteiger charge is -2.19. The number of benzene rings is 2. The Hall–Kier alpha value is -11.8. The van der Waals surface area contributed by atoms with Crippen LogP contribution >= 0.6 is 11.5 Å². The van der Waals surface area contributed by atoms with Gasteiger partial charge in [-0.05, 0) is 94.4 Å². The van der Waals surface area contributed by atoms with Gasteiger partial charge in [0, 0.05) is 132 Å². The summed E-state index contributed by atoms with van der Waals surface area (Å²) < 4.78 is 36.6. The summed E-state index contributed by atoms with van der Waals surface area (Å²) in [6.07, 6.45) is 4.30. The normalized spacial score (nSPS) is 12.1. The van der Waals surface area contributed by atoms with Gasteiger partial charge in [0.1, 0.15) is 17.4 Å². The van der Waals surface area contributed by atoms with Gasteiger partial charge in [0.15, 0.2) is 5.82 Å². The summed E-state index contributed by atoms with van der Waals surface area (Å²) in [5.74, 6) is 1.27. The highest BCUT2D eigenvalue weighted by atomic mass is 32.1. The van der Waals surface area contributed by atoms with Crippen LogP contribution in [0.3, 0.4) is 0 Å². The molecule has 0 atom stereocenters. The number of amides is 5. The number of carboxylic acids is 1. The van der Waals surface area contributed by atoms with E-state index in [9.17, 15) is 56.7 Å². The first-order valence-corrected chi connectivity index (χ1v) is 46.9. The molecule has 7 heterocycles. The van der Waals surface area contributed by atoms with Crippen LogP contribution in [0.15, 0.2) is 119 Å². The number of carbonyl (C=O) groups is 7. The van der Waals surface area contributed by atoms with Crippen LogP contribution < -0.4 is 55.1 Å². The molecule has 0 fully saturated rings. The molecule has 2 aliphatic rings. The van der Waals surface area contributed by atoms with E-state index in [4.69, 9.17) is 37.7 Å². The number of hydroxylamine groups is 1. The fourth-order valence-electron chi connectivity index (χ4n) is 9.18. The Morgan fingerprint density at radius 1 is 0.567 bits per heavy atom. The molecule has 0 saturated heterocycles. The molecule has 0 unspecified atom stereocenters. The number of nitrogens with zero attached hydrogens (tertiary/aromatic N) is 7. The molecule has 0 spiro atoms. The van der Waals surface area contributed by atoms with Crippen LogP contribution in [0.4, 0.5) is 20.2 Å². The summed E-state index contributed by atoms with van der Waals surface area (Å²) in [5, 5.41) is 47.1. The van der Waals surface area contributed by atoms with Crippen LogP contribution in [0.5, 0.6) is 0 Å². The van der Waals surface area contributed by atoms with Gasteiger partial charge in [-0.3, -0.25) is 77.2 Å². The van der Waals surface area contributed by atoms with Gasteiger partial charge in [-0.15, -0.1) is 10.2 Å². The van der Waals surface area contributed by atoms with Gasteiger partial charge in [-0.25, -0.2) is 22.0 Å². The summed E-state index contributed by atoms with van der Waals surface area (Å²) in [5.41, 5.74) is 19.9. The lowest BCUT2D eigenvalue weighted by molar-refractivity contribution is -0.149. The van der Waals surface area contributed by atoms with Crippen molar-refractivity contribution in [2.75, 3.05) is 27.7 Å². The number of aromatic nitrogens is 10. The molecule has 5 amide bonds. The van der Waals surface area contributed by atoms with Crippen molar-refractivity contribution < 1.29 is 61.9 Å². The van der Waals surface area contributed by atoms with E-state index < -0.39 is 22.9 Å². The van der Waals surface area contributed by atoms with Gasteiger partial charge in [0.05, 0.1) is 23.9 Å².